The topological polar surface area (TPSA) is 69.9 Å². The van der Waals surface area contributed by atoms with Crippen LogP contribution in [0.5, 0.6) is 0 Å². The highest BCUT2D eigenvalue weighted by Gasteiger charge is 2.17. The van der Waals surface area contributed by atoms with Crippen LogP contribution in [0.3, 0.4) is 0 Å². The summed E-state index contributed by atoms with van der Waals surface area (Å²) in [6, 6.07) is 13.6. The lowest BCUT2D eigenvalue weighted by atomic mass is 10.2. The molecule has 0 spiro atoms. The molecule has 0 aliphatic rings. The molecular formula is C17H16N4O2S. The van der Waals surface area contributed by atoms with Crippen LogP contribution in [-0.4, -0.2) is 38.1 Å². The van der Waals surface area contributed by atoms with E-state index < -0.39 is 0 Å². The van der Waals surface area contributed by atoms with Gasteiger partial charge in [0.1, 0.15) is 0 Å². The van der Waals surface area contributed by atoms with Gasteiger partial charge in [-0.3, -0.25) is 14.3 Å². The van der Waals surface area contributed by atoms with Crippen molar-refractivity contribution < 1.29 is 9.53 Å². The molecule has 1 aromatic carbocycles. The number of esters is 1. The number of carbonyl (C=O) groups excluding carboxylic acids is 1. The van der Waals surface area contributed by atoms with Crippen molar-refractivity contribution in [3.63, 3.8) is 0 Å². The number of ether oxygens (including phenoxy) is 1. The Bertz CT molecular complexity index is 806. The molecule has 24 heavy (non-hydrogen) atoms. The predicted molar refractivity (Wildman–Crippen MR) is 91.9 cm³/mol. The smallest absolute Gasteiger partial charge is 0.316 e. The molecule has 0 saturated heterocycles. The van der Waals surface area contributed by atoms with E-state index in [0.717, 1.165) is 11.3 Å². The second kappa shape index (κ2) is 7.74. The minimum absolute atomic E-state index is 0.190. The Hall–Kier alpha value is -2.67. The van der Waals surface area contributed by atoms with Gasteiger partial charge in [-0.2, -0.15) is 0 Å². The number of aromatic nitrogens is 4. The van der Waals surface area contributed by atoms with E-state index in [1.54, 1.807) is 19.3 Å². The van der Waals surface area contributed by atoms with Crippen LogP contribution >= 0.6 is 11.8 Å². The summed E-state index contributed by atoms with van der Waals surface area (Å²) in [5.74, 6) is 0.625. The van der Waals surface area contributed by atoms with Gasteiger partial charge < -0.3 is 4.74 Å². The standard InChI is InChI=1S/C17H16N4O2S/c1-2-23-15(22)12-24-17-20-19-16(13-8-10-18-11-9-13)21(17)14-6-4-3-5-7-14/h3-11H,2,12H2,1H3. The lowest BCUT2D eigenvalue weighted by Crippen LogP contribution is -2.08. The number of hydrogen-bond donors (Lipinski definition) is 0. The van der Waals surface area contributed by atoms with Crippen molar-refractivity contribution >= 4 is 17.7 Å². The van der Waals surface area contributed by atoms with E-state index in [2.05, 4.69) is 15.2 Å². The van der Waals surface area contributed by atoms with Crippen LogP contribution in [0.25, 0.3) is 17.1 Å². The normalized spacial score (nSPS) is 10.5. The molecule has 0 bridgehead atoms. The van der Waals surface area contributed by atoms with Crippen molar-refractivity contribution in [3.05, 3.63) is 54.9 Å². The number of nitrogens with zero attached hydrogens (tertiary/aromatic N) is 4. The van der Waals surface area contributed by atoms with Gasteiger partial charge in [0.25, 0.3) is 0 Å². The largest absolute Gasteiger partial charge is 0.465 e. The number of rotatable bonds is 6. The number of carbonyl (C=O) groups is 1. The SMILES string of the molecule is CCOC(=O)CSc1nnc(-c2ccncc2)n1-c1ccccc1. The summed E-state index contributed by atoms with van der Waals surface area (Å²) < 4.78 is 6.90. The first-order valence-electron chi connectivity index (χ1n) is 7.49. The van der Waals surface area contributed by atoms with Crippen LogP contribution in [0.4, 0.5) is 0 Å². The molecule has 3 rings (SSSR count). The molecule has 0 amide bonds. The number of hydrogen-bond acceptors (Lipinski definition) is 6. The van der Waals surface area contributed by atoms with Gasteiger partial charge in [-0.1, -0.05) is 30.0 Å². The van der Waals surface area contributed by atoms with E-state index in [4.69, 9.17) is 4.74 Å². The third kappa shape index (κ3) is 3.62. The summed E-state index contributed by atoms with van der Waals surface area (Å²) in [5, 5.41) is 9.19. The van der Waals surface area contributed by atoms with Crippen LogP contribution in [0.1, 0.15) is 6.92 Å². The molecule has 0 aliphatic carbocycles. The first-order chi connectivity index (χ1) is 11.8. The first-order valence-corrected chi connectivity index (χ1v) is 8.48. The van der Waals surface area contributed by atoms with E-state index >= 15 is 0 Å². The summed E-state index contributed by atoms with van der Waals surface area (Å²) in [5.41, 5.74) is 1.84. The maximum atomic E-state index is 11.6. The second-order valence-corrected chi connectivity index (χ2v) is 5.75. The zero-order valence-corrected chi connectivity index (χ0v) is 13.9. The molecule has 0 unspecified atom stereocenters. The van der Waals surface area contributed by atoms with Gasteiger partial charge in [-0.05, 0) is 31.2 Å². The fourth-order valence-corrected chi connectivity index (χ4v) is 2.94. The monoisotopic (exact) mass is 340 g/mol. The van der Waals surface area contributed by atoms with E-state index in [9.17, 15) is 4.79 Å². The van der Waals surface area contributed by atoms with Gasteiger partial charge in [0, 0.05) is 23.6 Å². The van der Waals surface area contributed by atoms with Crippen LogP contribution in [0.15, 0.2) is 60.0 Å². The Morgan fingerprint density at radius 1 is 1.12 bits per heavy atom. The van der Waals surface area contributed by atoms with E-state index in [1.165, 1.54) is 11.8 Å². The molecule has 0 aliphatic heterocycles. The zero-order valence-electron chi connectivity index (χ0n) is 13.1. The number of para-hydroxylation sites is 1. The van der Waals surface area contributed by atoms with Gasteiger partial charge >= 0.3 is 5.97 Å². The van der Waals surface area contributed by atoms with Crippen molar-refractivity contribution in [2.45, 2.75) is 12.1 Å². The molecule has 3 aromatic rings. The fraction of sp³-hybridized carbons (Fsp3) is 0.176. The van der Waals surface area contributed by atoms with Crippen LogP contribution in [0, 0.1) is 0 Å². The lowest BCUT2D eigenvalue weighted by Gasteiger charge is -2.10. The molecule has 0 atom stereocenters. The van der Waals surface area contributed by atoms with Crippen molar-refractivity contribution in [1.29, 1.82) is 0 Å². The highest BCUT2D eigenvalue weighted by atomic mass is 32.2. The highest BCUT2D eigenvalue weighted by Crippen LogP contribution is 2.27. The average molecular weight is 340 g/mol. The zero-order chi connectivity index (χ0) is 16.8. The Morgan fingerprint density at radius 2 is 1.88 bits per heavy atom. The first kappa shape index (κ1) is 16.2. The molecule has 122 valence electrons. The Kier molecular flexibility index (Phi) is 5.22. The fourth-order valence-electron chi connectivity index (χ4n) is 2.19. The average Bonchev–Trinajstić information content (AvgIpc) is 3.06. The minimum atomic E-state index is -0.268. The lowest BCUT2D eigenvalue weighted by molar-refractivity contribution is -0.139. The van der Waals surface area contributed by atoms with Crippen LogP contribution in [-0.2, 0) is 9.53 Å². The third-order valence-electron chi connectivity index (χ3n) is 3.21. The highest BCUT2D eigenvalue weighted by molar-refractivity contribution is 7.99. The molecule has 6 nitrogen and oxygen atoms in total. The minimum Gasteiger partial charge on any atom is -0.465 e. The van der Waals surface area contributed by atoms with Crippen LogP contribution < -0.4 is 0 Å². The van der Waals surface area contributed by atoms with Crippen molar-refractivity contribution in [3.8, 4) is 17.1 Å². The molecular weight excluding hydrogens is 324 g/mol. The van der Waals surface area contributed by atoms with Gasteiger partial charge in [-0.15, -0.1) is 10.2 Å². The summed E-state index contributed by atoms with van der Waals surface area (Å²) in [4.78, 5) is 15.7. The van der Waals surface area contributed by atoms with E-state index in [1.807, 2.05) is 47.0 Å². The number of thioether (sulfide) groups is 1. The maximum absolute atomic E-state index is 11.6. The second-order valence-electron chi connectivity index (χ2n) is 4.81. The molecule has 7 heteroatoms. The Morgan fingerprint density at radius 3 is 2.58 bits per heavy atom. The van der Waals surface area contributed by atoms with E-state index in [-0.39, 0.29) is 11.7 Å². The summed E-state index contributed by atoms with van der Waals surface area (Å²) in [7, 11) is 0. The Labute approximate surface area is 143 Å². The maximum Gasteiger partial charge on any atom is 0.316 e. The molecule has 0 radical (unpaired) electrons. The molecule has 0 saturated carbocycles. The van der Waals surface area contributed by atoms with Gasteiger partial charge in [-0.25, -0.2) is 0 Å². The third-order valence-corrected chi connectivity index (χ3v) is 4.11. The van der Waals surface area contributed by atoms with Crippen molar-refractivity contribution in [2.75, 3.05) is 12.4 Å². The molecule has 2 heterocycles. The molecule has 2 aromatic heterocycles. The number of pyridine rings is 1. The summed E-state index contributed by atoms with van der Waals surface area (Å²) in [6.45, 7) is 2.16. The van der Waals surface area contributed by atoms with Crippen LogP contribution in [0.2, 0.25) is 0 Å². The Balaban J connectivity index is 1.98. The predicted octanol–water partition coefficient (Wildman–Crippen LogP) is 2.98. The van der Waals surface area contributed by atoms with Gasteiger partial charge in [0.15, 0.2) is 11.0 Å². The van der Waals surface area contributed by atoms with Crippen molar-refractivity contribution in [2.24, 2.45) is 0 Å². The van der Waals surface area contributed by atoms with Crippen molar-refractivity contribution in [1.82, 2.24) is 19.7 Å². The molecule has 0 N–H and O–H groups in total. The van der Waals surface area contributed by atoms with Gasteiger partial charge in [0.2, 0.25) is 0 Å². The summed E-state index contributed by atoms with van der Waals surface area (Å²) in [6.07, 6.45) is 3.43. The number of benzene rings is 1. The molecule has 0 fully saturated rings. The van der Waals surface area contributed by atoms with Gasteiger partial charge in [0.05, 0.1) is 12.4 Å². The summed E-state index contributed by atoms with van der Waals surface area (Å²) >= 11 is 1.30. The van der Waals surface area contributed by atoms with E-state index in [0.29, 0.717) is 17.6 Å². The quantitative estimate of drug-likeness (QED) is 0.507.